The maximum atomic E-state index is 8.50. The average molecular weight is 174 g/mol. The molecule has 1 unspecified atom stereocenters. The van der Waals surface area contributed by atoms with Gasteiger partial charge in [-0.15, -0.1) is 11.6 Å². The smallest absolute Gasteiger partial charge is 0.132 e. The van der Waals surface area contributed by atoms with Gasteiger partial charge in [-0.3, -0.25) is 0 Å². The molecule has 0 aliphatic heterocycles. The summed E-state index contributed by atoms with van der Waals surface area (Å²) in [5, 5.41) is 9.19. The first-order chi connectivity index (χ1) is 4.88. The maximum absolute atomic E-state index is 8.50. The molecule has 1 aromatic heterocycles. The van der Waals surface area contributed by atoms with Gasteiger partial charge < -0.3 is 0 Å². The normalized spacial score (nSPS) is 12.4. The molecule has 0 fully saturated rings. The lowest BCUT2D eigenvalue weighted by Crippen LogP contribution is -1.94. The number of nitrogens with zero attached hydrogens (tertiary/aromatic N) is 3. The van der Waals surface area contributed by atoms with E-state index < -0.39 is 0 Å². The molecule has 1 heterocycles. The minimum Gasteiger partial charge on any atom is -0.227 e. The number of alkyl halides is 1. The number of nitriles is 1. The highest BCUT2D eigenvalue weighted by Gasteiger charge is 2.11. The lowest BCUT2D eigenvalue weighted by molar-refractivity contribution is 0.965. The fourth-order valence-corrected chi connectivity index (χ4v) is 1.36. The van der Waals surface area contributed by atoms with Crippen molar-refractivity contribution in [1.82, 2.24) is 9.36 Å². The van der Waals surface area contributed by atoms with Gasteiger partial charge in [-0.2, -0.15) is 9.64 Å². The summed E-state index contributed by atoms with van der Waals surface area (Å²) in [4.78, 5) is 3.86. The Kier molecular flexibility index (Phi) is 2.60. The van der Waals surface area contributed by atoms with Gasteiger partial charge in [-0.1, -0.05) is 0 Å². The number of aromatic nitrogens is 2. The Labute approximate surface area is 67.4 Å². The van der Waals surface area contributed by atoms with E-state index in [9.17, 15) is 0 Å². The number of rotatable bonds is 2. The van der Waals surface area contributed by atoms with Crippen molar-refractivity contribution in [3.05, 3.63) is 11.3 Å². The van der Waals surface area contributed by atoms with Crippen molar-refractivity contribution in [3.63, 3.8) is 0 Å². The Morgan fingerprint density at radius 3 is 3.10 bits per heavy atom. The lowest BCUT2D eigenvalue weighted by atomic mass is 10.2. The molecule has 1 atom stereocenters. The van der Waals surface area contributed by atoms with Crippen LogP contribution in [0.4, 0.5) is 0 Å². The summed E-state index contributed by atoms with van der Waals surface area (Å²) in [6.45, 7) is 0. The number of hydrogen-bond acceptors (Lipinski definition) is 4. The van der Waals surface area contributed by atoms with Gasteiger partial charge in [0, 0.05) is 5.88 Å². The van der Waals surface area contributed by atoms with E-state index in [0.29, 0.717) is 5.01 Å². The van der Waals surface area contributed by atoms with Crippen LogP contribution in [0.1, 0.15) is 10.9 Å². The van der Waals surface area contributed by atoms with Gasteiger partial charge in [0.15, 0.2) is 0 Å². The van der Waals surface area contributed by atoms with E-state index in [0.717, 1.165) is 0 Å². The van der Waals surface area contributed by atoms with Gasteiger partial charge >= 0.3 is 0 Å². The molecule has 0 aromatic carbocycles. The highest BCUT2D eigenvalue weighted by atomic mass is 35.5. The van der Waals surface area contributed by atoms with Gasteiger partial charge in [0.05, 0.1) is 6.07 Å². The van der Waals surface area contributed by atoms with Crippen LogP contribution in [0.15, 0.2) is 6.33 Å². The molecule has 3 nitrogen and oxygen atoms in total. The van der Waals surface area contributed by atoms with Crippen LogP contribution in [0.3, 0.4) is 0 Å². The number of hydrogen-bond donors (Lipinski definition) is 0. The largest absolute Gasteiger partial charge is 0.227 e. The molecule has 1 rings (SSSR count). The maximum Gasteiger partial charge on any atom is 0.132 e. The fraction of sp³-hybridized carbons (Fsp3) is 0.400. The molecular formula is C5H4ClN3S. The molecule has 0 spiro atoms. The quantitative estimate of drug-likeness (QED) is 0.635. The van der Waals surface area contributed by atoms with E-state index in [1.54, 1.807) is 0 Å². The first-order valence-corrected chi connectivity index (χ1v) is 3.91. The Morgan fingerprint density at radius 1 is 1.90 bits per heavy atom. The van der Waals surface area contributed by atoms with Crippen LogP contribution in [0.25, 0.3) is 0 Å². The first-order valence-electron chi connectivity index (χ1n) is 2.60. The topological polar surface area (TPSA) is 49.6 Å². The van der Waals surface area contributed by atoms with Crippen LogP contribution in [0, 0.1) is 11.3 Å². The lowest BCUT2D eigenvalue weighted by Gasteiger charge is -1.94. The molecule has 1 aromatic rings. The summed E-state index contributed by atoms with van der Waals surface area (Å²) in [7, 11) is 0. The van der Waals surface area contributed by atoms with Crippen molar-refractivity contribution in [2.75, 3.05) is 5.88 Å². The summed E-state index contributed by atoms with van der Waals surface area (Å²) in [5.74, 6) is -0.0136. The Morgan fingerprint density at radius 2 is 2.70 bits per heavy atom. The molecule has 0 saturated heterocycles. The predicted molar refractivity (Wildman–Crippen MR) is 39.0 cm³/mol. The third-order valence-electron chi connectivity index (χ3n) is 0.987. The third-order valence-corrected chi connectivity index (χ3v) is 2.07. The summed E-state index contributed by atoms with van der Waals surface area (Å²) in [6, 6.07) is 2.03. The summed E-state index contributed by atoms with van der Waals surface area (Å²) < 4.78 is 3.76. The van der Waals surface area contributed by atoms with E-state index in [2.05, 4.69) is 9.36 Å². The summed E-state index contributed by atoms with van der Waals surface area (Å²) in [6.07, 6.45) is 1.43. The SMILES string of the molecule is N#CC(CCl)c1ncns1. The second-order valence-electron chi connectivity index (χ2n) is 1.62. The van der Waals surface area contributed by atoms with Crippen molar-refractivity contribution in [2.45, 2.75) is 5.92 Å². The van der Waals surface area contributed by atoms with Crippen LogP contribution < -0.4 is 0 Å². The predicted octanol–water partition coefficient (Wildman–Crippen LogP) is 1.38. The van der Waals surface area contributed by atoms with Crippen molar-refractivity contribution < 1.29 is 0 Å². The standard InChI is InChI=1S/C5H4ClN3S/c6-1-4(2-7)5-8-3-9-10-5/h3-4H,1H2. The molecule has 0 N–H and O–H groups in total. The molecule has 52 valence electrons. The summed E-state index contributed by atoms with van der Waals surface area (Å²) >= 11 is 6.69. The molecule has 0 bridgehead atoms. The second kappa shape index (κ2) is 3.49. The monoisotopic (exact) mass is 173 g/mol. The Balaban J connectivity index is 2.76. The summed E-state index contributed by atoms with van der Waals surface area (Å²) in [5.41, 5.74) is 0. The zero-order chi connectivity index (χ0) is 7.40. The molecule has 0 radical (unpaired) electrons. The van der Waals surface area contributed by atoms with Crippen LogP contribution >= 0.6 is 23.1 Å². The van der Waals surface area contributed by atoms with E-state index in [4.69, 9.17) is 16.9 Å². The minimum absolute atomic E-state index is 0.283. The van der Waals surface area contributed by atoms with Crippen molar-refractivity contribution in [1.29, 1.82) is 5.26 Å². The highest BCUT2D eigenvalue weighted by Crippen LogP contribution is 2.16. The van der Waals surface area contributed by atoms with Gasteiger partial charge in [-0.25, -0.2) is 4.98 Å². The Hall–Kier alpha value is -0.660. The molecule has 0 amide bonds. The number of halogens is 1. The zero-order valence-corrected chi connectivity index (χ0v) is 6.56. The van der Waals surface area contributed by atoms with Crippen molar-refractivity contribution in [3.8, 4) is 6.07 Å². The van der Waals surface area contributed by atoms with Crippen LogP contribution in [-0.2, 0) is 0 Å². The molecule has 0 aliphatic carbocycles. The zero-order valence-electron chi connectivity index (χ0n) is 4.99. The third kappa shape index (κ3) is 1.43. The average Bonchev–Trinajstić information content (AvgIpc) is 2.43. The highest BCUT2D eigenvalue weighted by molar-refractivity contribution is 7.05. The molecular weight excluding hydrogens is 170 g/mol. The fourth-order valence-electron chi connectivity index (χ4n) is 0.491. The van der Waals surface area contributed by atoms with Crippen molar-refractivity contribution >= 4 is 23.1 Å². The molecule has 5 heteroatoms. The van der Waals surface area contributed by atoms with Crippen molar-refractivity contribution in [2.24, 2.45) is 0 Å². The van der Waals surface area contributed by atoms with Gasteiger partial charge in [0.1, 0.15) is 17.3 Å². The van der Waals surface area contributed by atoms with Crippen LogP contribution in [0.2, 0.25) is 0 Å². The molecule has 0 saturated carbocycles. The van der Waals surface area contributed by atoms with E-state index in [1.807, 2.05) is 6.07 Å². The van der Waals surface area contributed by atoms with E-state index in [1.165, 1.54) is 17.9 Å². The van der Waals surface area contributed by atoms with Gasteiger partial charge in [-0.05, 0) is 11.5 Å². The minimum atomic E-state index is -0.297. The molecule has 0 aliphatic rings. The second-order valence-corrected chi connectivity index (χ2v) is 2.74. The van der Waals surface area contributed by atoms with Gasteiger partial charge in [0.2, 0.25) is 0 Å². The van der Waals surface area contributed by atoms with E-state index in [-0.39, 0.29) is 11.8 Å². The van der Waals surface area contributed by atoms with Gasteiger partial charge in [0.25, 0.3) is 0 Å². The Bertz CT molecular complexity index is 228. The first kappa shape index (κ1) is 7.45. The van der Waals surface area contributed by atoms with E-state index >= 15 is 0 Å². The van der Waals surface area contributed by atoms with Crippen LogP contribution in [-0.4, -0.2) is 15.2 Å². The van der Waals surface area contributed by atoms with Crippen LogP contribution in [0.5, 0.6) is 0 Å². The molecule has 10 heavy (non-hydrogen) atoms.